The molecule has 1 aliphatic heterocycles. The van der Waals surface area contributed by atoms with Crippen molar-refractivity contribution in [1.29, 1.82) is 0 Å². The van der Waals surface area contributed by atoms with Gasteiger partial charge in [-0.15, -0.1) is 0 Å². The van der Waals surface area contributed by atoms with Gasteiger partial charge in [-0.25, -0.2) is 4.79 Å². The first-order valence-electron chi connectivity index (χ1n) is 9.49. The number of imide groups is 1. The zero-order valence-corrected chi connectivity index (χ0v) is 16.2. The summed E-state index contributed by atoms with van der Waals surface area (Å²) in [5.41, 5.74) is 1.32. The molecule has 2 aromatic carbocycles. The third-order valence-corrected chi connectivity index (χ3v) is 4.73. The van der Waals surface area contributed by atoms with Crippen LogP contribution in [0.15, 0.2) is 79.1 Å². The number of pyridine rings is 1. The highest BCUT2D eigenvalue weighted by Gasteiger charge is 2.40. The molecule has 2 heterocycles. The van der Waals surface area contributed by atoms with Crippen molar-refractivity contribution < 1.29 is 24.0 Å². The number of aromatic nitrogens is 1. The van der Waals surface area contributed by atoms with Crippen LogP contribution in [0.25, 0.3) is 0 Å². The molecule has 1 N–H and O–H groups in total. The standard InChI is InChI=1S/C23H17N3O5/c27-20(16-9-6-12-24-14-16)25-19(13-15-7-2-1-3-8-15)23(30)31-26-21(28)17-10-4-5-11-18(17)22(26)29/h1-12,14,19H,13H2,(H,25,27). The Morgan fingerprint density at radius 3 is 2.16 bits per heavy atom. The number of carbonyl (C=O) groups excluding carboxylic acids is 4. The molecule has 8 heteroatoms. The Morgan fingerprint density at radius 2 is 1.55 bits per heavy atom. The number of benzene rings is 2. The second-order valence-corrected chi connectivity index (χ2v) is 6.82. The molecule has 3 amide bonds. The third kappa shape index (κ3) is 4.18. The van der Waals surface area contributed by atoms with Crippen LogP contribution in [0.3, 0.4) is 0 Å². The number of hydrogen-bond acceptors (Lipinski definition) is 6. The maximum absolute atomic E-state index is 12.9. The minimum atomic E-state index is -1.14. The highest BCUT2D eigenvalue weighted by atomic mass is 16.7. The molecule has 154 valence electrons. The lowest BCUT2D eigenvalue weighted by atomic mass is 10.1. The summed E-state index contributed by atoms with van der Waals surface area (Å²) in [6.07, 6.45) is 2.99. The van der Waals surface area contributed by atoms with Gasteiger partial charge in [0.25, 0.3) is 17.7 Å². The Labute approximate surface area is 177 Å². The van der Waals surface area contributed by atoms with Gasteiger partial charge in [0.2, 0.25) is 0 Å². The number of amides is 3. The molecule has 0 spiro atoms. The number of hydrogen-bond donors (Lipinski definition) is 1. The van der Waals surface area contributed by atoms with E-state index in [1.807, 2.05) is 6.07 Å². The molecule has 0 aliphatic carbocycles. The van der Waals surface area contributed by atoms with Crippen LogP contribution >= 0.6 is 0 Å². The van der Waals surface area contributed by atoms with Gasteiger partial charge in [0.05, 0.1) is 16.7 Å². The van der Waals surface area contributed by atoms with Crippen molar-refractivity contribution in [3.63, 3.8) is 0 Å². The number of hydroxylamine groups is 2. The fourth-order valence-corrected chi connectivity index (χ4v) is 3.19. The zero-order chi connectivity index (χ0) is 21.8. The van der Waals surface area contributed by atoms with Crippen molar-refractivity contribution in [3.8, 4) is 0 Å². The lowest BCUT2D eigenvalue weighted by molar-refractivity contribution is -0.170. The summed E-state index contributed by atoms with van der Waals surface area (Å²) in [5.74, 6) is -2.93. The van der Waals surface area contributed by atoms with Gasteiger partial charge in [0.15, 0.2) is 0 Å². The minimum absolute atomic E-state index is 0.106. The zero-order valence-electron chi connectivity index (χ0n) is 16.2. The molecule has 0 saturated heterocycles. The maximum atomic E-state index is 12.9. The van der Waals surface area contributed by atoms with Gasteiger partial charge < -0.3 is 10.2 Å². The van der Waals surface area contributed by atoms with Crippen LogP contribution < -0.4 is 5.32 Å². The molecule has 0 saturated carbocycles. The molecule has 3 aromatic rings. The maximum Gasteiger partial charge on any atom is 0.355 e. The lowest BCUT2D eigenvalue weighted by Crippen LogP contribution is -2.46. The van der Waals surface area contributed by atoms with E-state index in [4.69, 9.17) is 4.84 Å². The number of nitrogens with zero attached hydrogens (tertiary/aromatic N) is 2. The van der Waals surface area contributed by atoms with Crippen LogP contribution in [0.4, 0.5) is 0 Å². The second-order valence-electron chi connectivity index (χ2n) is 6.82. The van der Waals surface area contributed by atoms with E-state index in [1.54, 1.807) is 48.5 Å². The summed E-state index contributed by atoms with van der Waals surface area (Å²) in [6, 6.07) is 17.2. The molecule has 31 heavy (non-hydrogen) atoms. The summed E-state index contributed by atoms with van der Waals surface area (Å²) < 4.78 is 0. The van der Waals surface area contributed by atoms with Crippen molar-refractivity contribution >= 4 is 23.7 Å². The topological polar surface area (TPSA) is 106 Å². The largest absolute Gasteiger partial charge is 0.355 e. The van der Waals surface area contributed by atoms with E-state index in [2.05, 4.69) is 10.3 Å². The monoisotopic (exact) mass is 415 g/mol. The Hall–Kier alpha value is -4.33. The number of carbonyl (C=O) groups is 4. The smallest absolute Gasteiger partial charge is 0.338 e. The van der Waals surface area contributed by atoms with E-state index in [0.717, 1.165) is 5.56 Å². The van der Waals surface area contributed by atoms with Crippen LogP contribution in [-0.4, -0.2) is 39.8 Å². The van der Waals surface area contributed by atoms with Crippen molar-refractivity contribution in [2.24, 2.45) is 0 Å². The Bertz CT molecular complexity index is 1110. The molecule has 1 aromatic heterocycles. The molecular weight excluding hydrogens is 398 g/mol. The van der Waals surface area contributed by atoms with E-state index in [-0.39, 0.29) is 23.1 Å². The average molecular weight is 415 g/mol. The summed E-state index contributed by atoms with van der Waals surface area (Å²) >= 11 is 0. The second kappa shape index (κ2) is 8.58. The van der Waals surface area contributed by atoms with Crippen LogP contribution in [-0.2, 0) is 16.1 Å². The fraction of sp³-hybridized carbons (Fsp3) is 0.0870. The van der Waals surface area contributed by atoms with Crippen LogP contribution in [0, 0.1) is 0 Å². The number of rotatable bonds is 6. The molecule has 4 rings (SSSR count). The summed E-state index contributed by atoms with van der Waals surface area (Å²) in [4.78, 5) is 59.5. The van der Waals surface area contributed by atoms with E-state index in [0.29, 0.717) is 5.06 Å². The highest BCUT2D eigenvalue weighted by Crippen LogP contribution is 2.23. The predicted molar refractivity (Wildman–Crippen MR) is 109 cm³/mol. The molecule has 0 fully saturated rings. The van der Waals surface area contributed by atoms with Crippen molar-refractivity contribution in [3.05, 3.63) is 101 Å². The van der Waals surface area contributed by atoms with Gasteiger partial charge >= 0.3 is 5.97 Å². The lowest BCUT2D eigenvalue weighted by Gasteiger charge is -2.20. The normalized spacial score (nSPS) is 13.5. The van der Waals surface area contributed by atoms with E-state index < -0.39 is 29.7 Å². The first-order valence-corrected chi connectivity index (χ1v) is 9.49. The van der Waals surface area contributed by atoms with Gasteiger partial charge in [0, 0.05) is 18.8 Å². The summed E-state index contributed by atoms with van der Waals surface area (Å²) in [7, 11) is 0. The molecule has 8 nitrogen and oxygen atoms in total. The quantitative estimate of drug-likeness (QED) is 0.619. The van der Waals surface area contributed by atoms with Gasteiger partial charge in [-0.3, -0.25) is 19.4 Å². The van der Waals surface area contributed by atoms with Gasteiger partial charge in [-0.2, -0.15) is 0 Å². The molecule has 0 radical (unpaired) electrons. The van der Waals surface area contributed by atoms with Crippen molar-refractivity contribution in [2.75, 3.05) is 0 Å². The third-order valence-electron chi connectivity index (χ3n) is 4.73. The minimum Gasteiger partial charge on any atom is -0.338 e. The Morgan fingerprint density at radius 1 is 0.903 bits per heavy atom. The van der Waals surface area contributed by atoms with E-state index >= 15 is 0 Å². The fourth-order valence-electron chi connectivity index (χ4n) is 3.19. The van der Waals surface area contributed by atoms with E-state index in [9.17, 15) is 19.2 Å². The molecular formula is C23H17N3O5. The average Bonchev–Trinajstić information content (AvgIpc) is 3.05. The molecule has 1 unspecified atom stereocenters. The number of nitrogens with one attached hydrogen (secondary N) is 1. The summed E-state index contributed by atoms with van der Waals surface area (Å²) in [5, 5.41) is 3.04. The van der Waals surface area contributed by atoms with Gasteiger partial charge in [-0.1, -0.05) is 47.5 Å². The van der Waals surface area contributed by atoms with Gasteiger partial charge in [-0.05, 0) is 29.8 Å². The first kappa shape index (κ1) is 20.0. The predicted octanol–water partition coefficient (Wildman–Crippen LogP) is 2.18. The first-order chi connectivity index (χ1) is 15.0. The molecule has 1 aliphatic rings. The van der Waals surface area contributed by atoms with Crippen LogP contribution in [0.2, 0.25) is 0 Å². The highest BCUT2D eigenvalue weighted by molar-refractivity contribution is 6.21. The molecule has 1 atom stereocenters. The SMILES string of the molecule is O=C(NC(Cc1ccccc1)C(=O)ON1C(=O)c2ccccc2C1=O)c1cccnc1. The number of fused-ring (bicyclic) bond motifs is 1. The Kier molecular flexibility index (Phi) is 5.53. The van der Waals surface area contributed by atoms with E-state index in [1.165, 1.54) is 24.5 Å². The van der Waals surface area contributed by atoms with Gasteiger partial charge in [0.1, 0.15) is 6.04 Å². The summed E-state index contributed by atoms with van der Waals surface area (Å²) in [6.45, 7) is 0. The molecule has 0 bridgehead atoms. The van der Waals surface area contributed by atoms with Crippen LogP contribution in [0.1, 0.15) is 36.6 Å². The Balaban J connectivity index is 1.54. The van der Waals surface area contributed by atoms with Crippen molar-refractivity contribution in [2.45, 2.75) is 12.5 Å². The van der Waals surface area contributed by atoms with Crippen LogP contribution in [0.5, 0.6) is 0 Å². The van der Waals surface area contributed by atoms with Crippen molar-refractivity contribution in [1.82, 2.24) is 15.4 Å².